The molecule has 1 aromatic carbocycles. The number of nitrogens with two attached hydrogens (primary N) is 2. The first-order valence-electron chi connectivity index (χ1n) is 5.86. The highest BCUT2D eigenvalue weighted by Crippen LogP contribution is 2.37. The van der Waals surface area contributed by atoms with Gasteiger partial charge in [0.15, 0.2) is 5.13 Å². The second-order valence-corrected chi connectivity index (χ2v) is 6.79. The molecule has 94 valence electrons. The molecule has 0 spiro atoms. The molecule has 0 saturated heterocycles. The first-order valence-corrected chi connectivity index (χ1v) is 7.47. The lowest BCUT2D eigenvalue weighted by atomic mass is 9.79. The van der Waals surface area contributed by atoms with Crippen molar-refractivity contribution in [3.8, 4) is 0 Å². The monoisotopic (exact) mass is 323 g/mol. The summed E-state index contributed by atoms with van der Waals surface area (Å²) in [4.78, 5) is 5.60. The van der Waals surface area contributed by atoms with Crippen LogP contribution in [0.5, 0.6) is 0 Å². The summed E-state index contributed by atoms with van der Waals surface area (Å²) < 4.78 is 1.08. The molecule has 1 unspecified atom stereocenters. The van der Waals surface area contributed by atoms with E-state index in [0.717, 1.165) is 29.4 Å². The van der Waals surface area contributed by atoms with Gasteiger partial charge in [0.05, 0.1) is 5.69 Å². The second kappa shape index (κ2) is 4.33. The molecule has 1 heterocycles. The standard InChI is InChI=1S/C13H14BrN3S/c14-9-3-1-8(2-4-9)13(16)6-5-10-11(7-13)18-12(15)17-10/h1-4H,5-7,16H2,(H2,15,17). The van der Waals surface area contributed by atoms with Gasteiger partial charge >= 0.3 is 0 Å². The van der Waals surface area contributed by atoms with Gasteiger partial charge in [0.1, 0.15) is 0 Å². The van der Waals surface area contributed by atoms with E-state index in [1.807, 2.05) is 12.1 Å². The molecule has 0 radical (unpaired) electrons. The van der Waals surface area contributed by atoms with Gasteiger partial charge in [0.25, 0.3) is 0 Å². The molecule has 0 aliphatic heterocycles. The molecule has 0 saturated carbocycles. The number of thiazole rings is 1. The SMILES string of the molecule is Nc1nc2c(s1)CC(N)(c1ccc(Br)cc1)CC2. The van der Waals surface area contributed by atoms with Gasteiger partial charge in [-0.1, -0.05) is 28.1 Å². The van der Waals surface area contributed by atoms with Crippen LogP contribution in [-0.2, 0) is 18.4 Å². The topological polar surface area (TPSA) is 64.9 Å². The maximum atomic E-state index is 6.58. The highest BCUT2D eigenvalue weighted by atomic mass is 79.9. The van der Waals surface area contributed by atoms with E-state index in [9.17, 15) is 0 Å². The van der Waals surface area contributed by atoms with Crippen molar-refractivity contribution >= 4 is 32.4 Å². The van der Waals surface area contributed by atoms with Crippen molar-refractivity contribution in [3.63, 3.8) is 0 Å². The van der Waals surface area contributed by atoms with Crippen molar-refractivity contribution in [3.05, 3.63) is 44.9 Å². The average molecular weight is 324 g/mol. The zero-order valence-electron chi connectivity index (χ0n) is 9.82. The van der Waals surface area contributed by atoms with E-state index < -0.39 is 0 Å². The highest BCUT2D eigenvalue weighted by molar-refractivity contribution is 9.10. The summed E-state index contributed by atoms with van der Waals surface area (Å²) in [6.45, 7) is 0. The van der Waals surface area contributed by atoms with Crippen molar-refractivity contribution in [1.29, 1.82) is 0 Å². The zero-order chi connectivity index (χ0) is 12.8. The van der Waals surface area contributed by atoms with E-state index in [4.69, 9.17) is 11.5 Å². The Morgan fingerprint density at radius 3 is 2.72 bits per heavy atom. The fraction of sp³-hybridized carbons (Fsp3) is 0.308. The van der Waals surface area contributed by atoms with Crippen LogP contribution in [0.25, 0.3) is 0 Å². The fourth-order valence-electron chi connectivity index (χ4n) is 2.48. The first-order chi connectivity index (χ1) is 8.57. The Morgan fingerprint density at radius 1 is 1.28 bits per heavy atom. The molecule has 0 fully saturated rings. The highest BCUT2D eigenvalue weighted by Gasteiger charge is 2.34. The van der Waals surface area contributed by atoms with Crippen LogP contribution in [0.1, 0.15) is 22.6 Å². The van der Waals surface area contributed by atoms with E-state index in [1.165, 1.54) is 10.4 Å². The summed E-state index contributed by atoms with van der Waals surface area (Å²) in [5.74, 6) is 0. The Balaban J connectivity index is 1.95. The van der Waals surface area contributed by atoms with Crippen LogP contribution < -0.4 is 11.5 Å². The number of rotatable bonds is 1. The van der Waals surface area contributed by atoms with Gasteiger partial charge < -0.3 is 11.5 Å². The van der Waals surface area contributed by atoms with Crippen molar-refractivity contribution in [2.75, 3.05) is 5.73 Å². The maximum Gasteiger partial charge on any atom is 0.180 e. The largest absolute Gasteiger partial charge is 0.375 e. The van der Waals surface area contributed by atoms with E-state index in [0.29, 0.717) is 5.13 Å². The molecular formula is C13H14BrN3S. The van der Waals surface area contributed by atoms with Crippen molar-refractivity contribution in [2.45, 2.75) is 24.8 Å². The molecule has 3 nitrogen and oxygen atoms in total. The van der Waals surface area contributed by atoms with Crippen LogP contribution in [0.2, 0.25) is 0 Å². The van der Waals surface area contributed by atoms with Gasteiger partial charge in [-0.25, -0.2) is 4.98 Å². The number of halogens is 1. The number of nitrogens with zero attached hydrogens (tertiary/aromatic N) is 1. The number of fused-ring (bicyclic) bond motifs is 1. The van der Waals surface area contributed by atoms with Crippen LogP contribution in [0.4, 0.5) is 5.13 Å². The molecule has 1 aliphatic carbocycles. The molecule has 0 amide bonds. The lowest BCUT2D eigenvalue weighted by molar-refractivity contribution is 0.386. The molecule has 4 N–H and O–H groups in total. The minimum atomic E-state index is -0.285. The van der Waals surface area contributed by atoms with Crippen LogP contribution in [0.3, 0.4) is 0 Å². The minimum Gasteiger partial charge on any atom is -0.375 e. The maximum absolute atomic E-state index is 6.58. The van der Waals surface area contributed by atoms with Gasteiger partial charge in [0.2, 0.25) is 0 Å². The van der Waals surface area contributed by atoms with Crippen LogP contribution in [0.15, 0.2) is 28.7 Å². The summed E-state index contributed by atoms with van der Waals surface area (Å²) >= 11 is 5.02. The average Bonchev–Trinajstić information content (AvgIpc) is 2.69. The quantitative estimate of drug-likeness (QED) is 0.848. The molecule has 18 heavy (non-hydrogen) atoms. The molecule has 3 rings (SSSR count). The molecule has 2 aromatic rings. The third-order valence-corrected chi connectivity index (χ3v) is 4.95. The Bertz CT molecular complexity index is 578. The normalized spacial score (nSPS) is 22.8. The van der Waals surface area contributed by atoms with Crippen LogP contribution >= 0.6 is 27.3 Å². The predicted octanol–water partition coefficient (Wildman–Crippen LogP) is 2.83. The Hall–Kier alpha value is -0.910. The van der Waals surface area contributed by atoms with Gasteiger partial charge in [-0.15, -0.1) is 11.3 Å². The minimum absolute atomic E-state index is 0.285. The lowest BCUT2D eigenvalue weighted by Crippen LogP contribution is -2.41. The van der Waals surface area contributed by atoms with Gasteiger partial charge in [-0.3, -0.25) is 0 Å². The Labute approximate surface area is 118 Å². The Morgan fingerprint density at radius 2 is 2.00 bits per heavy atom. The van der Waals surface area contributed by atoms with E-state index in [1.54, 1.807) is 11.3 Å². The van der Waals surface area contributed by atoms with E-state index >= 15 is 0 Å². The molecular weight excluding hydrogens is 310 g/mol. The number of nitrogen functional groups attached to an aromatic ring is 1. The Kier molecular flexibility index (Phi) is 2.92. The summed E-state index contributed by atoms with van der Waals surface area (Å²) in [6.07, 6.45) is 2.67. The summed E-state index contributed by atoms with van der Waals surface area (Å²) in [5.41, 5.74) is 14.4. The molecule has 1 aromatic heterocycles. The smallest absolute Gasteiger partial charge is 0.180 e. The van der Waals surface area contributed by atoms with Gasteiger partial charge in [0, 0.05) is 21.3 Å². The second-order valence-electron chi connectivity index (χ2n) is 4.76. The van der Waals surface area contributed by atoms with Crippen LogP contribution in [0, 0.1) is 0 Å². The van der Waals surface area contributed by atoms with E-state index in [-0.39, 0.29) is 5.54 Å². The lowest BCUT2D eigenvalue weighted by Gasteiger charge is -2.33. The number of hydrogen-bond acceptors (Lipinski definition) is 4. The number of aryl methyl sites for hydroxylation is 1. The fourth-order valence-corrected chi connectivity index (χ4v) is 3.75. The van der Waals surface area contributed by atoms with Gasteiger partial charge in [-0.2, -0.15) is 0 Å². The van der Waals surface area contributed by atoms with E-state index in [2.05, 4.69) is 33.0 Å². The summed E-state index contributed by atoms with van der Waals surface area (Å²) in [7, 11) is 0. The van der Waals surface area contributed by atoms with Crippen molar-refractivity contribution in [1.82, 2.24) is 4.98 Å². The first kappa shape index (κ1) is 12.1. The molecule has 5 heteroatoms. The molecule has 0 bridgehead atoms. The summed E-state index contributed by atoms with van der Waals surface area (Å²) in [6, 6.07) is 8.28. The third kappa shape index (κ3) is 2.06. The van der Waals surface area contributed by atoms with Crippen LogP contribution in [-0.4, -0.2) is 4.98 Å². The van der Waals surface area contributed by atoms with Crippen molar-refractivity contribution < 1.29 is 0 Å². The summed E-state index contributed by atoms with van der Waals surface area (Å²) in [5, 5.41) is 0.653. The molecule has 1 aliphatic rings. The number of aromatic nitrogens is 1. The number of hydrogen-bond donors (Lipinski definition) is 2. The number of anilines is 1. The third-order valence-electron chi connectivity index (χ3n) is 3.50. The number of benzene rings is 1. The predicted molar refractivity (Wildman–Crippen MR) is 78.6 cm³/mol. The van der Waals surface area contributed by atoms with Gasteiger partial charge in [-0.05, 0) is 30.5 Å². The molecule has 1 atom stereocenters. The zero-order valence-corrected chi connectivity index (χ0v) is 12.2. The van der Waals surface area contributed by atoms with Crippen molar-refractivity contribution in [2.24, 2.45) is 5.73 Å².